The van der Waals surface area contributed by atoms with Gasteiger partial charge in [-0.2, -0.15) is 0 Å². The maximum Gasteiger partial charge on any atom is 0.249 e. The maximum absolute atomic E-state index is 11.1. The summed E-state index contributed by atoms with van der Waals surface area (Å²) in [5.41, 5.74) is 3.41. The van der Waals surface area contributed by atoms with E-state index in [-0.39, 0.29) is 12.8 Å². The van der Waals surface area contributed by atoms with Crippen molar-refractivity contribution in [3.63, 3.8) is 0 Å². The zero-order chi connectivity index (χ0) is 12.1. The van der Waals surface area contributed by atoms with Crippen LogP contribution in [0.25, 0.3) is 0 Å². The van der Waals surface area contributed by atoms with Crippen molar-refractivity contribution >= 4 is 5.91 Å². The second kappa shape index (κ2) is 3.40. The smallest absolute Gasteiger partial charge is 0.249 e. The van der Waals surface area contributed by atoms with Gasteiger partial charge in [0.1, 0.15) is 11.7 Å². The van der Waals surface area contributed by atoms with E-state index in [1.807, 2.05) is 0 Å². The van der Waals surface area contributed by atoms with Gasteiger partial charge in [0, 0.05) is 12.8 Å². The molecule has 0 unspecified atom stereocenters. The van der Waals surface area contributed by atoms with E-state index in [2.05, 4.69) is 0 Å². The predicted octanol–water partition coefficient (Wildman–Crippen LogP) is -1.12. The first-order valence-corrected chi connectivity index (χ1v) is 5.29. The molecule has 0 aromatic carbocycles. The highest BCUT2D eigenvalue weighted by Gasteiger charge is 2.55. The van der Waals surface area contributed by atoms with Crippen LogP contribution in [0.1, 0.15) is 26.7 Å². The van der Waals surface area contributed by atoms with E-state index in [9.17, 15) is 15.0 Å². The van der Waals surface area contributed by atoms with Crippen molar-refractivity contribution in [2.75, 3.05) is 0 Å². The van der Waals surface area contributed by atoms with Crippen LogP contribution in [0, 0.1) is 0 Å². The number of aliphatic hydroxyl groups is 2. The quantitative estimate of drug-likeness (QED) is 0.530. The summed E-state index contributed by atoms with van der Waals surface area (Å²) in [7, 11) is 0. The maximum atomic E-state index is 11.1. The Morgan fingerprint density at radius 1 is 1.38 bits per heavy atom. The number of aliphatic hydroxyl groups excluding tert-OH is 1. The third-order valence-electron chi connectivity index (χ3n) is 3.15. The molecule has 0 bridgehead atoms. The molecule has 2 rings (SSSR count). The minimum absolute atomic E-state index is 0.0630. The lowest BCUT2D eigenvalue weighted by atomic mass is 9.79. The normalized spacial score (nSPS) is 46.4. The lowest BCUT2D eigenvalue weighted by molar-refractivity contribution is -0.155. The second-order valence-corrected chi connectivity index (χ2v) is 5.01. The summed E-state index contributed by atoms with van der Waals surface area (Å²) in [6, 6.07) is 0. The Balaban J connectivity index is 2.19. The Kier molecular flexibility index (Phi) is 2.50. The zero-order valence-corrected chi connectivity index (χ0v) is 9.34. The Hall–Kier alpha value is -0.690. The van der Waals surface area contributed by atoms with Crippen LogP contribution in [0.4, 0.5) is 0 Å². The van der Waals surface area contributed by atoms with Crippen LogP contribution in [0.5, 0.6) is 0 Å². The molecule has 4 N–H and O–H groups in total. The molecule has 1 amide bonds. The Bertz CT molecular complexity index is 318. The number of amides is 1. The zero-order valence-electron chi connectivity index (χ0n) is 9.34. The molecule has 1 heterocycles. The van der Waals surface area contributed by atoms with Crippen molar-refractivity contribution in [3.8, 4) is 0 Å². The first-order valence-electron chi connectivity index (χ1n) is 5.29. The highest BCUT2D eigenvalue weighted by atomic mass is 16.8. The number of hydrogen-bond acceptors (Lipinski definition) is 5. The fourth-order valence-electron chi connectivity index (χ4n) is 2.43. The predicted molar refractivity (Wildman–Crippen MR) is 53.2 cm³/mol. The number of nitrogens with two attached hydrogens (primary N) is 1. The van der Waals surface area contributed by atoms with Crippen molar-refractivity contribution in [2.24, 2.45) is 5.73 Å². The molecule has 0 aromatic rings. The molecular formula is C10H17NO5. The Morgan fingerprint density at radius 3 is 2.56 bits per heavy atom. The van der Waals surface area contributed by atoms with Crippen molar-refractivity contribution < 1.29 is 24.5 Å². The first-order chi connectivity index (χ1) is 7.23. The molecule has 2 fully saturated rings. The molecule has 1 saturated carbocycles. The van der Waals surface area contributed by atoms with Gasteiger partial charge in [-0.05, 0) is 13.8 Å². The van der Waals surface area contributed by atoms with E-state index in [0.717, 1.165) is 0 Å². The summed E-state index contributed by atoms with van der Waals surface area (Å²) in [6.07, 6.45) is -2.00. The average Bonchev–Trinajstić information content (AvgIpc) is 2.39. The highest BCUT2D eigenvalue weighted by Crippen LogP contribution is 2.40. The summed E-state index contributed by atoms with van der Waals surface area (Å²) < 4.78 is 11.0. The Morgan fingerprint density at radius 2 is 2.00 bits per heavy atom. The van der Waals surface area contributed by atoms with Gasteiger partial charge in [-0.25, -0.2) is 0 Å². The fraction of sp³-hybridized carbons (Fsp3) is 0.900. The molecule has 1 aliphatic heterocycles. The minimum Gasteiger partial charge on any atom is -0.390 e. The number of hydrogen-bond donors (Lipinski definition) is 3. The molecule has 6 nitrogen and oxygen atoms in total. The second-order valence-electron chi connectivity index (χ2n) is 5.01. The largest absolute Gasteiger partial charge is 0.390 e. The van der Waals surface area contributed by atoms with Gasteiger partial charge < -0.3 is 25.4 Å². The van der Waals surface area contributed by atoms with Crippen LogP contribution in [-0.4, -0.2) is 45.8 Å². The summed E-state index contributed by atoms with van der Waals surface area (Å²) >= 11 is 0. The average molecular weight is 231 g/mol. The van der Waals surface area contributed by atoms with E-state index < -0.39 is 35.6 Å². The molecule has 1 aliphatic carbocycles. The molecule has 0 radical (unpaired) electrons. The summed E-state index contributed by atoms with van der Waals surface area (Å²) in [4.78, 5) is 11.1. The van der Waals surface area contributed by atoms with Crippen LogP contribution in [-0.2, 0) is 14.3 Å². The number of ether oxygens (including phenoxy) is 2. The number of carbonyl (C=O) groups is 1. The van der Waals surface area contributed by atoms with E-state index in [1.54, 1.807) is 13.8 Å². The topological polar surface area (TPSA) is 102 Å². The monoisotopic (exact) mass is 231 g/mol. The van der Waals surface area contributed by atoms with E-state index in [4.69, 9.17) is 15.2 Å². The molecule has 92 valence electrons. The molecular weight excluding hydrogens is 214 g/mol. The molecule has 4 atom stereocenters. The van der Waals surface area contributed by atoms with Gasteiger partial charge in [0.25, 0.3) is 0 Å². The Labute approximate surface area is 93.3 Å². The number of fused-ring (bicyclic) bond motifs is 1. The first kappa shape index (κ1) is 11.8. The molecule has 16 heavy (non-hydrogen) atoms. The van der Waals surface area contributed by atoms with Gasteiger partial charge in [0.15, 0.2) is 5.79 Å². The van der Waals surface area contributed by atoms with Crippen LogP contribution >= 0.6 is 0 Å². The van der Waals surface area contributed by atoms with Gasteiger partial charge >= 0.3 is 0 Å². The van der Waals surface area contributed by atoms with Gasteiger partial charge in [-0.1, -0.05) is 0 Å². The van der Waals surface area contributed by atoms with E-state index in [1.165, 1.54) is 0 Å². The third kappa shape index (κ3) is 1.82. The van der Waals surface area contributed by atoms with Crippen LogP contribution in [0.3, 0.4) is 0 Å². The number of carbonyl (C=O) groups excluding carboxylic acids is 1. The SMILES string of the molecule is CC1(C)O[C@H]2[C@H](O)C[C@](O)(C(N)=O)C[C@H]2O1. The lowest BCUT2D eigenvalue weighted by Gasteiger charge is -2.37. The van der Waals surface area contributed by atoms with Crippen LogP contribution < -0.4 is 5.73 Å². The molecule has 2 aliphatic rings. The van der Waals surface area contributed by atoms with Crippen LogP contribution in [0.2, 0.25) is 0 Å². The van der Waals surface area contributed by atoms with Crippen LogP contribution in [0.15, 0.2) is 0 Å². The van der Waals surface area contributed by atoms with Crippen molar-refractivity contribution in [1.29, 1.82) is 0 Å². The van der Waals surface area contributed by atoms with Gasteiger partial charge in [-0.15, -0.1) is 0 Å². The molecule has 1 saturated heterocycles. The number of rotatable bonds is 1. The summed E-state index contributed by atoms with van der Waals surface area (Å²) in [5.74, 6) is -1.64. The molecule has 0 spiro atoms. The summed E-state index contributed by atoms with van der Waals surface area (Å²) in [5, 5.41) is 19.8. The summed E-state index contributed by atoms with van der Waals surface area (Å²) in [6.45, 7) is 3.45. The van der Waals surface area contributed by atoms with Gasteiger partial charge in [-0.3, -0.25) is 4.79 Å². The van der Waals surface area contributed by atoms with Crippen molar-refractivity contribution in [1.82, 2.24) is 0 Å². The third-order valence-corrected chi connectivity index (χ3v) is 3.15. The van der Waals surface area contributed by atoms with E-state index in [0.29, 0.717) is 0 Å². The standard InChI is InChI=1S/C10H17NO5/c1-9(2)15-6-4-10(14,8(11)13)3-5(12)7(6)16-9/h5-7,12,14H,3-4H2,1-2H3,(H2,11,13)/t5-,6-,7+,10-/m1/s1. The lowest BCUT2D eigenvalue weighted by Crippen LogP contribution is -2.57. The highest BCUT2D eigenvalue weighted by molar-refractivity contribution is 5.83. The van der Waals surface area contributed by atoms with Gasteiger partial charge in [0.05, 0.1) is 12.2 Å². The number of primary amides is 1. The van der Waals surface area contributed by atoms with Crippen molar-refractivity contribution in [3.05, 3.63) is 0 Å². The molecule has 0 aromatic heterocycles. The van der Waals surface area contributed by atoms with Gasteiger partial charge in [0.2, 0.25) is 5.91 Å². The van der Waals surface area contributed by atoms with Crippen molar-refractivity contribution in [2.45, 2.75) is 56.4 Å². The van der Waals surface area contributed by atoms with E-state index >= 15 is 0 Å². The fourth-order valence-corrected chi connectivity index (χ4v) is 2.43. The molecule has 6 heteroatoms. The minimum atomic E-state index is -1.70.